The lowest BCUT2D eigenvalue weighted by Crippen LogP contribution is -2.02. The van der Waals surface area contributed by atoms with Gasteiger partial charge in [0.2, 0.25) is 5.78 Å². The Morgan fingerprint density at radius 1 is 1.17 bits per heavy atom. The number of methoxy groups -OCH3 is 1. The van der Waals surface area contributed by atoms with Crippen LogP contribution in [0, 0.1) is 20.8 Å². The van der Waals surface area contributed by atoms with E-state index < -0.39 is 0 Å². The molecule has 2 aromatic rings. The molecule has 0 atom stereocenters. The minimum Gasteiger partial charge on any atom is -0.466 e. The first kappa shape index (κ1) is 12.6. The van der Waals surface area contributed by atoms with E-state index in [4.69, 9.17) is 13.6 Å². The SMILES string of the molecule is COCc1ccc(C(=O)c2c(C)oc(C)c2C)o1. The molecule has 0 N–H and O–H groups in total. The van der Waals surface area contributed by atoms with Crippen LogP contribution in [0.4, 0.5) is 0 Å². The highest BCUT2D eigenvalue weighted by Gasteiger charge is 2.22. The molecule has 0 spiro atoms. The number of ether oxygens (including phenoxy) is 1. The fraction of sp³-hybridized carbons (Fsp3) is 0.357. The van der Waals surface area contributed by atoms with Crippen LogP contribution < -0.4 is 0 Å². The van der Waals surface area contributed by atoms with E-state index in [2.05, 4.69) is 0 Å². The zero-order chi connectivity index (χ0) is 13.3. The number of hydrogen-bond donors (Lipinski definition) is 0. The van der Waals surface area contributed by atoms with Crippen molar-refractivity contribution >= 4 is 5.78 Å². The van der Waals surface area contributed by atoms with Gasteiger partial charge in [-0.1, -0.05) is 0 Å². The molecule has 2 aromatic heterocycles. The molecule has 96 valence electrons. The second-order valence-electron chi connectivity index (χ2n) is 4.24. The van der Waals surface area contributed by atoms with Crippen LogP contribution in [0.15, 0.2) is 21.0 Å². The van der Waals surface area contributed by atoms with E-state index in [0.717, 1.165) is 11.3 Å². The van der Waals surface area contributed by atoms with E-state index in [1.165, 1.54) is 0 Å². The molecule has 0 amide bonds. The molecule has 0 bridgehead atoms. The molecule has 2 heterocycles. The molecule has 0 unspecified atom stereocenters. The Bertz CT molecular complexity index is 575. The van der Waals surface area contributed by atoms with Crippen LogP contribution in [0.5, 0.6) is 0 Å². The molecule has 0 aliphatic rings. The standard InChI is InChI=1S/C14H16O4/c1-8-9(2)17-10(3)13(8)14(15)12-6-5-11(18-12)7-16-4/h5-6H,7H2,1-4H3. The fourth-order valence-corrected chi connectivity index (χ4v) is 1.97. The minimum atomic E-state index is -0.149. The van der Waals surface area contributed by atoms with Crippen molar-refractivity contribution in [2.24, 2.45) is 0 Å². The lowest BCUT2D eigenvalue weighted by molar-refractivity contribution is 0.0998. The minimum absolute atomic E-state index is 0.149. The summed E-state index contributed by atoms with van der Waals surface area (Å²) in [4.78, 5) is 12.3. The van der Waals surface area contributed by atoms with E-state index in [9.17, 15) is 4.79 Å². The van der Waals surface area contributed by atoms with Crippen LogP contribution >= 0.6 is 0 Å². The highest BCUT2D eigenvalue weighted by molar-refractivity contribution is 6.08. The van der Waals surface area contributed by atoms with Gasteiger partial charge in [-0.3, -0.25) is 4.79 Å². The molecule has 4 nitrogen and oxygen atoms in total. The highest BCUT2D eigenvalue weighted by atomic mass is 16.5. The first-order valence-electron chi connectivity index (χ1n) is 5.73. The Labute approximate surface area is 106 Å². The number of hydrogen-bond acceptors (Lipinski definition) is 4. The van der Waals surface area contributed by atoms with Crippen LogP contribution in [0.2, 0.25) is 0 Å². The van der Waals surface area contributed by atoms with Crippen molar-refractivity contribution < 1.29 is 18.4 Å². The lowest BCUT2D eigenvalue weighted by Gasteiger charge is -1.98. The van der Waals surface area contributed by atoms with E-state index in [1.54, 1.807) is 26.2 Å². The van der Waals surface area contributed by atoms with Gasteiger partial charge in [-0.15, -0.1) is 0 Å². The van der Waals surface area contributed by atoms with Crippen molar-refractivity contribution in [2.45, 2.75) is 27.4 Å². The second kappa shape index (κ2) is 4.82. The van der Waals surface area contributed by atoms with Crippen molar-refractivity contribution in [3.8, 4) is 0 Å². The first-order valence-corrected chi connectivity index (χ1v) is 5.73. The first-order chi connectivity index (χ1) is 8.54. The summed E-state index contributed by atoms with van der Waals surface area (Å²) in [6.07, 6.45) is 0. The molecule has 0 radical (unpaired) electrons. The van der Waals surface area contributed by atoms with E-state index in [1.807, 2.05) is 13.8 Å². The van der Waals surface area contributed by atoms with Gasteiger partial charge in [0.05, 0.1) is 5.56 Å². The van der Waals surface area contributed by atoms with Gasteiger partial charge in [-0.05, 0) is 32.9 Å². The number of furan rings is 2. The molecule has 0 saturated heterocycles. The summed E-state index contributed by atoms with van der Waals surface area (Å²) in [7, 11) is 1.58. The number of aryl methyl sites for hydroxylation is 2. The van der Waals surface area contributed by atoms with Crippen molar-refractivity contribution in [2.75, 3.05) is 7.11 Å². The summed E-state index contributed by atoms with van der Waals surface area (Å²) in [5, 5.41) is 0. The molecular formula is C14H16O4. The zero-order valence-corrected chi connectivity index (χ0v) is 11.0. The molecular weight excluding hydrogens is 232 g/mol. The largest absolute Gasteiger partial charge is 0.466 e. The molecule has 0 aliphatic heterocycles. The summed E-state index contributed by atoms with van der Waals surface area (Å²) in [5.41, 5.74) is 1.45. The zero-order valence-electron chi connectivity index (χ0n) is 11.0. The quantitative estimate of drug-likeness (QED) is 0.780. The van der Waals surface area contributed by atoms with Crippen LogP contribution in [0.25, 0.3) is 0 Å². The van der Waals surface area contributed by atoms with Gasteiger partial charge < -0.3 is 13.6 Å². The summed E-state index contributed by atoms with van der Waals surface area (Å²) in [6.45, 7) is 5.86. The number of rotatable bonds is 4. The number of ketones is 1. The van der Waals surface area contributed by atoms with Crippen molar-refractivity contribution in [3.05, 3.63) is 46.3 Å². The predicted molar refractivity (Wildman–Crippen MR) is 65.8 cm³/mol. The molecule has 2 rings (SSSR count). The van der Waals surface area contributed by atoms with Gasteiger partial charge in [0.15, 0.2) is 5.76 Å². The summed E-state index contributed by atoms with van der Waals surface area (Å²) >= 11 is 0. The molecule has 0 aromatic carbocycles. The number of carbonyl (C=O) groups excluding carboxylic acids is 1. The molecule has 0 saturated carbocycles. The molecule has 18 heavy (non-hydrogen) atoms. The average molecular weight is 248 g/mol. The van der Waals surface area contributed by atoms with Gasteiger partial charge in [-0.25, -0.2) is 0 Å². The fourth-order valence-electron chi connectivity index (χ4n) is 1.97. The second-order valence-corrected chi connectivity index (χ2v) is 4.24. The Morgan fingerprint density at radius 3 is 2.44 bits per heavy atom. The maximum absolute atomic E-state index is 12.3. The third-order valence-corrected chi connectivity index (χ3v) is 2.96. The van der Waals surface area contributed by atoms with Crippen LogP contribution in [-0.4, -0.2) is 12.9 Å². The Morgan fingerprint density at radius 2 is 1.89 bits per heavy atom. The van der Waals surface area contributed by atoms with E-state index >= 15 is 0 Å². The van der Waals surface area contributed by atoms with E-state index in [0.29, 0.717) is 29.5 Å². The molecule has 4 heteroatoms. The summed E-state index contributed by atoms with van der Waals surface area (Å²) < 4.78 is 15.9. The van der Waals surface area contributed by atoms with Gasteiger partial charge in [0.1, 0.15) is 23.9 Å². The summed E-state index contributed by atoms with van der Waals surface area (Å²) in [6, 6.07) is 3.41. The van der Waals surface area contributed by atoms with Crippen LogP contribution in [0.1, 0.15) is 39.0 Å². The van der Waals surface area contributed by atoms with Gasteiger partial charge in [-0.2, -0.15) is 0 Å². The molecule has 0 aliphatic carbocycles. The predicted octanol–water partition coefficient (Wildman–Crippen LogP) is 3.18. The Balaban J connectivity index is 2.35. The van der Waals surface area contributed by atoms with Crippen LogP contribution in [0.3, 0.4) is 0 Å². The van der Waals surface area contributed by atoms with Crippen molar-refractivity contribution in [1.29, 1.82) is 0 Å². The lowest BCUT2D eigenvalue weighted by atomic mass is 10.0. The molecule has 0 fully saturated rings. The maximum Gasteiger partial charge on any atom is 0.231 e. The third kappa shape index (κ3) is 2.11. The smallest absolute Gasteiger partial charge is 0.231 e. The van der Waals surface area contributed by atoms with Gasteiger partial charge >= 0.3 is 0 Å². The Kier molecular flexibility index (Phi) is 3.39. The van der Waals surface area contributed by atoms with Gasteiger partial charge in [0, 0.05) is 12.7 Å². The topological polar surface area (TPSA) is 52.6 Å². The van der Waals surface area contributed by atoms with Crippen molar-refractivity contribution in [1.82, 2.24) is 0 Å². The third-order valence-electron chi connectivity index (χ3n) is 2.96. The number of carbonyl (C=O) groups is 1. The summed E-state index contributed by atoms with van der Waals surface area (Å²) in [5.74, 6) is 2.19. The van der Waals surface area contributed by atoms with E-state index in [-0.39, 0.29) is 5.78 Å². The van der Waals surface area contributed by atoms with Crippen molar-refractivity contribution in [3.63, 3.8) is 0 Å². The monoisotopic (exact) mass is 248 g/mol. The van der Waals surface area contributed by atoms with Crippen LogP contribution in [-0.2, 0) is 11.3 Å². The van der Waals surface area contributed by atoms with Gasteiger partial charge in [0.25, 0.3) is 0 Å². The Hall–Kier alpha value is -1.81. The maximum atomic E-state index is 12.3. The highest BCUT2D eigenvalue weighted by Crippen LogP contribution is 2.24. The normalized spacial score (nSPS) is 10.9. The average Bonchev–Trinajstić information content (AvgIpc) is 2.86.